The van der Waals surface area contributed by atoms with Crippen LogP contribution in [0.1, 0.15) is 0 Å². The van der Waals surface area contributed by atoms with Gasteiger partial charge in [0.05, 0.1) is 5.02 Å². The number of halogens is 1. The molecule has 2 aromatic carbocycles. The predicted molar refractivity (Wildman–Crippen MR) is 64.6 cm³/mol. The third-order valence-electron chi connectivity index (χ3n) is 1.76. The lowest BCUT2D eigenvalue weighted by atomic mass is 10.3. The summed E-state index contributed by atoms with van der Waals surface area (Å²) < 4.78 is 0. The van der Waals surface area contributed by atoms with E-state index in [2.05, 4.69) is 0 Å². The van der Waals surface area contributed by atoms with E-state index < -0.39 is 0 Å². The van der Waals surface area contributed by atoms with E-state index in [0.717, 1.165) is 0 Å². The number of hydrogen-bond acceptors (Lipinski definition) is 4. The average molecular weight is 255 g/mol. The van der Waals surface area contributed by atoms with Crippen LogP contribution in [0.5, 0.6) is 23.0 Å². The Morgan fingerprint density at radius 1 is 0.706 bits per heavy atom. The van der Waals surface area contributed by atoms with E-state index in [1.54, 1.807) is 6.07 Å². The molecule has 5 heteroatoms. The number of phenols is 4. The highest BCUT2D eigenvalue weighted by Crippen LogP contribution is 2.26. The van der Waals surface area contributed by atoms with Crippen molar-refractivity contribution in [2.45, 2.75) is 0 Å². The first-order valence-corrected chi connectivity index (χ1v) is 5.02. The highest BCUT2D eigenvalue weighted by atomic mass is 35.5. The molecule has 0 aliphatic carbocycles. The van der Waals surface area contributed by atoms with E-state index in [-0.39, 0.29) is 28.0 Å². The number of hydrogen-bond donors (Lipinski definition) is 4. The van der Waals surface area contributed by atoms with Crippen molar-refractivity contribution in [3.63, 3.8) is 0 Å². The standard InChI is InChI=1S/C6H5ClO2.C6H6O2/c7-5-2-1-4(8)3-6(5)9;7-5-2-1-3-6(8)4-5/h1-3,8-9H;1-4,7-8H. The molecule has 0 amide bonds. The molecular formula is C12H11ClO4. The van der Waals surface area contributed by atoms with Crippen molar-refractivity contribution in [2.75, 3.05) is 0 Å². The molecule has 0 saturated carbocycles. The van der Waals surface area contributed by atoms with Gasteiger partial charge in [-0.2, -0.15) is 0 Å². The summed E-state index contributed by atoms with van der Waals surface area (Å²) in [6.07, 6.45) is 0. The van der Waals surface area contributed by atoms with Crippen molar-refractivity contribution in [2.24, 2.45) is 0 Å². The van der Waals surface area contributed by atoms with Crippen LogP contribution in [-0.2, 0) is 0 Å². The van der Waals surface area contributed by atoms with Gasteiger partial charge >= 0.3 is 0 Å². The maximum absolute atomic E-state index is 8.81. The molecule has 90 valence electrons. The van der Waals surface area contributed by atoms with Crippen LogP contribution in [-0.4, -0.2) is 20.4 Å². The van der Waals surface area contributed by atoms with Crippen molar-refractivity contribution in [1.29, 1.82) is 0 Å². The summed E-state index contributed by atoms with van der Waals surface area (Å²) in [5.41, 5.74) is 0. The van der Waals surface area contributed by atoms with Crippen molar-refractivity contribution in [3.05, 3.63) is 47.5 Å². The van der Waals surface area contributed by atoms with Gasteiger partial charge in [0.2, 0.25) is 0 Å². The Morgan fingerprint density at radius 3 is 1.59 bits per heavy atom. The minimum atomic E-state index is -0.100. The Hall–Kier alpha value is -2.07. The average Bonchev–Trinajstić information content (AvgIpc) is 2.24. The molecule has 2 rings (SSSR count). The van der Waals surface area contributed by atoms with Crippen LogP contribution < -0.4 is 0 Å². The molecule has 0 unspecified atom stereocenters. The first kappa shape index (κ1) is 13.0. The Morgan fingerprint density at radius 2 is 1.24 bits per heavy atom. The van der Waals surface area contributed by atoms with Gasteiger partial charge in [-0.15, -0.1) is 0 Å². The lowest BCUT2D eigenvalue weighted by Crippen LogP contribution is -1.66. The SMILES string of the molecule is Oc1ccc(Cl)c(O)c1.Oc1cccc(O)c1. The third-order valence-corrected chi connectivity index (χ3v) is 2.08. The van der Waals surface area contributed by atoms with Gasteiger partial charge < -0.3 is 20.4 Å². The second-order valence-corrected chi connectivity index (χ2v) is 3.56. The van der Waals surface area contributed by atoms with Gasteiger partial charge in [0.1, 0.15) is 23.0 Å². The number of benzene rings is 2. The Kier molecular flexibility index (Phi) is 4.48. The minimum Gasteiger partial charge on any atom is -0.508 e. The molecule has 17 heavy (non-hydrogen) atoms. The van der Waals surface area contributed by atoms with Crippen LogP contribution in [0.25, 0.3) is 0 Å². The van der Waals surface area contributed by atoms with Crippen molar-refractivity contribution in [3.8, 4) is 23.0 Å². The van der Waals surface area contributed by atoms with Crippen molar-refractivity contribution in [1.82, 2.24) is 0 Å². The van der Waals surface area contributed by atoms with Crippen molar-refractivity contribution >= 4 is 11.6 Å². The molecule has 0 bridgehead atoms. The first-order chi connectivity index (χ1) is 7.99. The van der Waals surface area contributed by atoms with Crippen LogP contribution in [0.15, 0.2) is 42.5 Å². The second kappa shape index (κ2) is 5.86. The van der Waals surface area contributed by atoms with E-state index >= 15 is 0 Å². The summed E-state index contributed by atoms with van der Waals surface area (Å²) in [5, 5.41) is 35.1. The fraction of sp³-hybridized carbons (Fsp3) is 0. The van der Waals surface area contributed by atoms with E-state index in [9.17, 15) is 0 Å². The maximum atomic E-state index is 8.81. The molecule has 4 N–H and O–H groups in total. The molecule has 0 radical (unpaired) electrons. The van der Waals surface area contributed by atoms with E-state index in [1.807, 2.05) is 0 Å². The van der Waals surface area contributed by atoms with Crippen molar-refractivity contribution < 1.29 is 20.4 Å². The van der Waals surface area contributed by atoms with Crippen LogP contribution in [0.3, 0.4) is 0 Å². The third kappa shape index (κ3) is 4.53. The molecule has 4 nitrogen and oxygen atoms in total. The molecule has 2 aromatic rings. The fourth-order valence-electron chi connectivity index (χ4n) is 0.994. The summed E-state index contributed by atoms with van der Waals surface area (Å²) in [6.45, 7) is 0. The lowest BCUT2D eigenvalue weighted by Gasteiger charge is -1.94. The molecule has 0 heterocycles. The molecule has 0 spiro atoms. The van der Waals surface area contributed by atoms with Crippen LogP contribution >= 0.6 is 11.6 Å². The zero-order chi connectivity index (χ0) is 12.8. The van der Waals surface area contributed by atoms with Gasteiger partial charge in [0.25, 0.3) is 0 Å². The number of aromatic hydroxyl groups is 4. The molecule has 0 fully saturated rings. The molecular weight excluding hydrogens is 244 g/mol. The smallest absolute Gasteiger partial charge is 0.137 e. The van der Waals surface area contributed by atoms with Gasteiger partial charge in [-0.25, -0.2) is 0 Å². The van der Waals surface area contributed by atoms with Gasteiger partial charge in [-0.1, -0.05) is 17.7 Å². The quantitative estimate of drug-likeness (QED) is 0.583. The highest BCUT2D eigenvalue weighted by molar-refractivity contribution is 6.32. The fourth-order valence-corrected chi connectivity index (χ4v) is 1.11. The van der Waals surface area contributed by atoms with Gasteiger partial charge in [0.15, 0.2) is 0 Å². The largest absolute Gasteiger partial charge is 0.508 e. The molecule has 0 atom stereocenters. The Labute approximate surface area is 103 Å². The van der Waals surface area contributed by atoms with E-state index in [1.165, 1.54) is 36.4 Å². The van der Waals surface area contributed by atoms with Crippen LogP contribution in [0.2, 0.25) is 5.02 Å². The zero-order valence-electron chi connectivity index (χ0n) is 8.71. The molecule has 0 aliphatic rings. The van der Waals surface area contributed by atoms with E-state index in [0.29, 0.717) is 0 Å². The van der Waals surface area contributed by atoms with Gasteiger partial charge in [-0.05, 0) is 24.3 Å². The summed E-state index contributed by atoms with van der Waals surface area (Å²) in [5.74, 6) is 0.0866. The van der Waals surface area contributed by atoms with Crippen LogP contribution in [0.4, 0.5) is 0 Å². The Balaban J connectivity index is 0.000000171. The second-order valence-electron chi connectivity index (χ2n) is 3.16. The summed E-state index contributed by atoms with van der Waals surface area (Å²) >= 11 is 5.42. The number of rotatable bonds is 0. The monoisotopic (exact) mass is 254 g/mol. The normalized spacial score (nSPS) is 9.24. The number of phenolic OH excluding ortho intramolecular Hbond substituents is 4. The predicted octanol–water partition coefficient (Wildman–Crippen LogP) is 2.85. The summed E-state index contributed by atoms with van der Waals surface area (Å²) in [6, 6.07) is 9.86. The lowest BCUT2D eigenvalue weighted by molar-refractivity contribution is 0.449. The molecule has 0 saturated heterocycles. The first-order valence-electron chi connectivity index (χ1n) is 4.64. The topological polar surface area (TPSA) is 80.9 Å². The summed E-state index contributed by atoms with van der Waals surface area (Å²) in [7, 11) is 0. The van der Waals surface area contributed by atoms with Gasteiger partial charge in [-0.3, -0.25) is 0 Å². The summed E-state index contributed by atoms with van der Waals surface area (Å²) in [4.78, 5) is 0. The zero-order valence-corrected chi connectivity index (χ0v) is 9.46. The molecule has 0 aliphatic heterocycles. The van der Waals surface area contributed by atoms with Crippen LogP contribution in [0, 0.1) is 0 Å². The van der Waals surface area contributed by atoms with E-state index in [4.69, 9.17) is 32.0 Å². The maximum Gasteiger partial charge on any atom is 0.137 e. The molecule has 0 aromatic heterocycles. The Bertz CT molecular complexity index is 482. The highest BCUT2D eigenvalue weighted by Gasteiger charge is 1.95. The van der Waals surface area contributed by atoms with Gasteiger partial charge in [0, 0.05) is 12.1 Å². The minimum absolute atomic E-state index is 0.0110.